The van der Waals surface area contributed by atoms with Crippen LogP contribution in [0.15, 0.2) is 48.5 Å². The number of thiazole rings is 1. The molecule has 2 aromatic carbocycles. The van der Waals surface area contributed by atoms with E-state index < -0.39 is 0 Å². The lowest BCUT2D eigenvalue weighted by Gasteiger charge is -2.06. The fourth-order valence-corrected chi connectivity index (χ4v) is 3.34. The first-order chi connectivity index (χ1) is 12.5. The molecule has 0 aliphatic rings. The lowest BCUT2D eigenvalue weighted by atomic mass is 10.2. The molecule has 1 aromatic heterocycles. The van der Waals surface area contributed by atoms with Gasteiger partial charge in [0.05, 0.1) is 12.8 Å². The van der Waals surface area contributed by atoms with Crippen molar-refractivity contribution in [3.8, 4) is 11.5 Å². The Morgan fingerprint density at radius 3 is 2.65 bits per heavy atom. The van der Waals surface area contributed by atoms with Gasteiger partial charge >= 0.3 is 0 Å². The molecule has 6 heteroatoms. The minimum atomic E-state index is -0.185. The molecule has 3 rings (SSSR count). The lowest BCUT2D eigenvalue weighted by Crippen LogP contribution is -2.11. The molecule has 1 heterocycles. The second-order valence-corrected chi connectivity index (χ2v) is 6.90. The Bertz CT molecular complexity index is 921. The van der Waals surface area contributed by atoms with E-state index in [1.807, 2.05) is 56.3 Å². The Morgan fingerprint density at radius 2 is 1.88 bits per heavy atom. The normalized spacial score (nSPS) is 10.4. The summed E-state index contributed by atoms with van der Waals surface area (Å²) in [5.74, 6) is 1.30. The van der Waals surface area contributed by atoms with E-state index in [1.54, 1.807) is 13.2 Å². The monoisotopic (exact) mass is 368 g/mol. The summed E-state index contributed by atoms with van der Waals surface area (Å²) in [6, 6.07) is 15.1. The number of anilines is 1. The quantitative estimate of drug-likeness (QED) is 0.691. The van der Waals surface area contributed by atoms with Crippen LogP contribution in [0.4, 0.5) is 5.69 Å². The van der Waals surface area contributed by atoms with Gasteiger partial charge in [-0.1, -0.05) is 18.2 Å². The van der Waals surface area contributed by atoms with Gasteiger partial charge in [0.2, 0.25) is 0 Å². The third kappa shape index (κ3) is 4.40. The number of hydrogen-bond donors (Lipinski definition) is 1. The zero-order valence-electron chi connectivity index (χ0n) is 14.9. The van der Waals surface area contributed by atoms with Crippen LogP contribution in [0.3, 0.4) is 0 Å². The number of ether oxygens (including phenoxy) is 2. The van der Waals surface area contributed by atoms with Crippen LogP contribution in [0.25, 0.3) is 0 Å². The minimum absolute atomic E-state index is 0.185. The molecular formula is C20H20N2O3S. The third-order valence-electron chi connectivity index (χ3n) is 3.73. The molecule has 1 N–H and O–H groups in total. The molecule has 0 aliphatic carbocycles. The zero-order valence-corrected chi connectivity index (χ0v) is 15.7. The van der Waals surface area contributed by atoms with Gasteiger partial charge in [-0.15, -0.1) is 11.3 Å². The maximum absolute atomic E-state index is 12.5. The summed E-state index contributed by atoms with van der Waals surface area (Å²) >= 11 is 1.34. The number of carbonyl (C=O) groups excluding carboxylic acids is 1. The Balaban J connectivity index is 1.67. The summed E-state index contributed by atoms with van der Waals surface area (Å²) in [6.07, 6.45) is 0. The number of benzene rings is 2. The van der Waals surface area contributed by atoms with Crippen LogP contribution in [0.2, 0.25) is 0 Å². The van der Waals surface area contributed by atoms with Crippen molar-refractivity contribution in [1.29, 1.82) is 0 Å². The van der Waals surface area contributed by atoms with Crippen molar-refractivity contribution in [3.05, 3.63) is 69.7 Å². The third-order valence-corrected chi connectivity index (χ3v) is 4.86. The minimum Gasteiger partial charge on any atom is -0.497 e. The van der Waals surface area contributed by atoms with E-state index in [2.05, 4.69) is 10.3 Å². The number of carbonyl (C=O) groups is 1. The van der Waals surface area contributed by atoms with E-state index in [-0.39, 0.29) is 5.91 Å². The first kappa shape index (κ1) is 17.9. The maximum Gasteiger partial charge on any atom is 0.267 e. The number of nitrogens with zero attached hydrogens (tertiary/aromatic N) is 1. The van der Waals surface area contributed by atoms with Gasteiger partial charge in [0.1, 0.15) is 28.0 Å². The van der Waals surface area contributed by atoms with Crippen molar-refractivity contribution in [2.75, 3.05) is 12.4 Å². The second kappa shape index (κ2) is 8.01. The Kier molecular flexibility index (Phi) is 5.53. The van der Waals surface area contributed by atoms with E-state index in [1.165, 1.54) is 11.3 Å². The molecular weight excluding hydrogens is 348 g/mol. The molecule has 26 heavy (non-hydrogen) atoms. The number of rotatable bonds is 6. The molecule has 0 fully saturated rings. The van der Waals surface area contributed by atoms with Crippen molar-refractivity contribution >= 4 is 22.9 Å². The maximum atomic E-state index is 12.5. The number of aromatic nitrogens is 1. The highest BCUT2D eigenvalue weighted by atomic mass is 32.1. The summed E-state index contributed by atoms with van der Waals surface area (Å²) in [4.78, 5) is 17.6. The Labute approximate surface area is 156 Å². The van der Waals surface area contributed by atoms with Gasteiger partial charge in [-0.2, -0.15) is 0 Å². The zero-order chi connectivity index (χ0) is 18.5. The van der Waals surface area contributed by atoms with Crippen molar-refractivity contribution in [1.82, 2.24) is 4.98 Å². The van der Waals surface area contributed by atoms with Gasteiger partial charge in [-0.25, -0.2) is 4.98 Å². The van der Waals surface area contributed by atoms with Crippen molar-refractivity contribution in [3.63, 3.8) is 0 Å². The van der Waals surface area contributed by atoms with Crippen molar-refractivity contribution < 1.29 is 14.3 Å². The molecule has 134 valence electrons. The summed E-state index contributed by atoms with van der Waals surface area (Å²) in [7, 11) is 1.59. The lowest BCUT2D eigenvalue weighted by molar-refractivity contribution is 0.103. The SMILES string of the molecule is COc1cccc(NC(=O)c2sc(COc3cccc(C)c3)nc2C)c1. The fourth-order valence-electron chi connectivity index (χ4n) is 2.46. The molecule has 5 nitrogen and oxygen atoms in total. The van der Waals surface area contributed by atoms with Gasteiger partial charge < -0.3 is 14.8 Å². The first-order valence-electron chi connectivity index (χ1n) is 8.16. The highest BCUT2D eigenvalue weighted by molar-refractivity contribution is 7.13. The van der Waals surface area contributed by atoms with Crippen molar-refractivity contribution in [2.24, 2.45) is 0 Å². The van der Waals surface area contributed by atoms with E-state index in [0.29, 0.717) is 28.6 Å². The van der Waals surface area contributed by atoms with E-state index in [4.69, 9.17) is 9.47 Å². The summed E-state index contributed by atoms with van der Waals surface area (Å²) in [5, 5.41) is 3.64. The Morgan fingerprint density at radius 1 is 1.12 bits per heavy atom. The molecule has 0 spiro atoms. The number of methoxy groups -OCH3 is 1. The molecule has 0 atom stereocenters. The van der Waals surface area contributed by atoms with Crippen LogP contribution in [0.1, 0.15) is 25.9 Å². The summed E-state index contributed by atoms with van der Waals surface area (Å²) in [5.41, 5.74) is 2.51. The van der Waals surface area contributed by atoms with Crippen LogP contribution < -0.4 is 14.8 Å². The highest BCUT2D eigenvalue weighted by Crippen LogP contribution is 2.23. The molecule has 0 saturated carbocycles. The number of hydrogen-bond acceptors (Lipinski definition) is 5. The molecule has 3 aromatic rings. The second-order valence-electron chi connectivity index (χ2n) is 5.81. The summed E-state index contributed by atoms with van der Waals surface area (Å²) in [6.45, 7) is 4.18. The van der Waals surface area contributed by atoms with Crippen LogP contribution >= 0.6 is 11.3 Å². The van der Waals surface area contributed by atoms with E-state index in [0.717, 1.165) is 16.3 Å². The van der Waals surface area contributed by atoms with Crippen LogP contribution in [-0.4, -0.2) is 18.0 Å². The van der Waals surface area contributed by atoms with Gasteiger partial charge in [-0.05, 0) is 43.7 Å². The molecule has 0 bridgehead atoms. The van der Waals surface area contributed by atoms with E-state index in [9.17, 15) is 4.79 Å². The standard InChI is InChI=1S/C20H20N2O3S/c1-13-6-4-9-17(10-13)25-12-18-21-14(2)19(26-18)20(23)22-15-7-5-8-16(11-15)24-3/h4-11H,12H2,1-3H3,(H,22,23). The Hall–Kier alpha value is -2.86. The van der Waals surface area contributed by atoms with Crippen molar-refractivity contribution in [2.45, 2.75) is 20.5 Å². The average Bonchev–Trinajstić information content (AvgIpc) is 3.01. The van der Waals surface area contributed by atoms with Gasteiger partial charge in [0.15, 0.2) is 0 Å². The highest BCUT2D eigenvalue weighted by Gasteiger charge is 2.16. The molecule has 0 aliphatic heterocycles. The smallest absolute Gasteiger partial charge is 0.267 e. The van der Waals surface area contributed by atoms with Gasteiger partial charge in [0.25, 0.3) is 5.91 Å². The van der Waals surface area contributed by atoms with Crippen LogP contribution in [0, 0.1) is 13.8 Å². The fraction of sp³-hybridized carbons (Fsp3) is 0.200. The predicted molar refractivity (Wildman–Crippen MR) is 103 cm³/mol. The first-order valence-corrected chi connectivity index (χ1v) is 8.98. The topological polar surface area (TPSA) is 60.5 Å². The summed E-state index contributed by atoms with van der Waals surface area (Å²) < 4.78 is 10.9. The van der Waals surface area contributed by atoms with Crippen LogP contribution in [0.5, 0.6) is 11.5 Å². The van der Waals surface area contributed by atoms with Gasteiger partial charge in [-0.3, -0.25) is 4.79 Å². The molecule has 0 radical (unpaired) electrons. The molecule has 0 unspecified atom stereocenters. The van der Waals surface area contributed by atoms with Crippen LogP contribution in [-0.2, 0) is 6.61 Å². The predicted octanol–water partition coefficient (Wildman–Crippen LogP) is 4.60. The number of amides is 1. The molecule has 1 amide bonds. The number of aryl methyl sites for hydroxylation is 2. The largest absolute Gasteiger partial charge is 0.497 e. The number of nitrogens with one attached hydrogen (secondary N) is 1. The molecule has 0 saturated heterocycles. The van der Waals surface area contributed by atoms with Gasteiger partial charge in [0, 0.05) is 11.8 Å². The van der Waals surface area contributed by atoms with E-state index >= 15 is 0 Å². The average molecular weight is 368 g/mol.